The normalized spacial score (nSPS) is 16.9. The highest BCUT2D eigenvalue weighted by Crippen LogP contribution is 2.27. The number of aromatic nitrogens is 1. The maximum Gasteiger partial charge on any atom is 0.232 e. The minimum absolute atomic E-state index is 0.211. The number of nitrogens with zero attached hydrogens (tertiary/aromatic N) is 1. The maximum atomic E-state index is 13.0. The number of para-hydroxylation sites is 1. The van der Waals surface area contributed by atoms with Crippen molar-refractivity contribution in [2.75, 3.05) is 11.9 Å². The Kier molecular flexibility index (Phi) is 3.33. The van der Waals surface area contributed by atoms with Gasteiger partial charge >= 0.3 is 0 Å². The van der Waals surface area contributed by atoms with E-state index in [1.165, 1.54) is 12.1 Å². The van der Waals surface area contributed by atoms with Gasteiger partial charge < -0.3 is 10.1 Å². The van der Waals surface area contributed by atoms with Crippen LogP contribution in [0.4, 0.5) is 10.2 Å². The molecule has 3 rings (SSSR count). The first-order valence-electron chi connectivity index (χ1n) is 6.36. The number of carbonyl (C=O) groups is 1. The lowest BCUT2D eigenvalue weighted by Gasteiger charge is -2.24. The Balaban J connectivity index is 1.70. The maximum absolute atomic E-state index is 13.0. The molecular formula is C15H13FN2O2. The summed E-state index contributed by atoms with van der Waals surface area (Å²) < 4.78 is 18.5. The highest BCUT2D eigenvalue weighted by atomic mass is 19.1. The molecule has 0 saturated carbocycles. The molecule has 0 saturated heterocycles. The number of hydrogen-bond donors (Lipinski definition) is 1. The second-order valence-electron chi connectivity index (χ2n) is 4.65. The van der Waals surface area contributed by atoms with E-state index in [2.05, 4.69) is 10.3 Å². The summed E-state index contributed by atoms with van der Waals surface area (Å²) in [6.45, 7) is 0.318. The van der Waals surface area contributed by atoms with Crippen LogP contribution in [0.1, 0.15) is 5.56 Å². The molecular weight excluding hydrogens is 259 g/mol. The third kappa shape index (κ3) is 2.61. The summed E-state index contributed by atoms with van der Waals surface area (Å²) in [7, 11) is 0. The van der Waals surface area contributed by atoms with E-state index in [0.29, 0.717) is 13.0 Å². The number of fused-ring (bicyclic) bond motifs is 1. The van der Waals surface area contributed by atoms with Crippen LogP contribution in [0.5, 0.6) is 5.75 Å². The predicted molar refractivity (Wildman–Crippen MR) is 72.0 cm³/mol. The molecule has 1 unspecified atom stereocenters. The number of ether oxygens (including phenoxy) is 1. The second kappa shape index (κ2) is 5.28. The Morgan fingerprint density at radius 2 is 2.10 bits per heavy atom. The number of anilines is 1. The van der Waals surface area contributed by atoms with Crippen molar-refractivity contribution in [3.05, 3.63) is 54.0 Å². The molecule has 1 amide bonds. The van der Waals surface area contributed by atoms with E-state index in [9.17, 15) is 9.18 Å². The summed E-state index contributed by atoms with van der Waals surface area (Å²) in [5.74, 6) is -0.0881. The largest absolute Gasteiger partial charge is 0.492 e. The fourth-order valence-corrected chi connectivity index (χ4v) is 2.20. The Bertz CT molecular complexity index is 645. The number of carbonyl (C=O) groups excluding carboxylic acids is 1. The molecule has 1 aliphatic heterocycles. The van der Waals surface area contributed by atoms with Crippen molar-refractivity contribution in [3.8, 4) is 5.75 Å². The van der Waals surface area contributed by atoms with Gasteiger partial charge in [-0.1, -0.05) is 24.3 Å². The summed E-state index contributed by atoms with van der Waals surface area (Å²) in [4.78, 5) is 15.7. The van der Waals surface area contributed by atoms with Crippen LogP contribution in [-0.4, -0.2) is 17.5 Å². The van der Waals surface area contributed by atoms with Crippen molar-refractivity contribution in [2.24, 2.45) is 5.92 Å². The molecule has 5 heteroatoms. The predicted octanol–water partition coefficient (Wildman–Crippen LogP) is 2.41. The zero-order valence-corrected chi connectivity index (χ0v) is 10.7. The van der Waals surface area contributed by atoms with E-state index in [4.69, 9.17) is 4.74 Å². The fraction of sp³-hybridized carbons (Fsp3) is 0.200. The highest BCUT2D eigenvalue weighted by Gasteiger charge is 2.26. The number of nitrogens with one attached hydrogen (secondary N) is 1. The van der Waals surface area contributed by atoms with E-state index in [1.807, 2.05) is 24.3 Å². The Morgan fingerprint density at radius 3 is 2.95 bits per heavy atom. The van der Waals surface area contributed by atoms with Gasteiger partial charge in [0.15, 0.2) is 0 Å². The molecule has 2 heterocycles. The average Bonchev–Trinajstić information content (AvgIpc) is 2.47. The molecule has 1 aromatic carbocycles. The molecule has 0 spiro atoms. The average molecular weight is 272 g/mol. The summed E-state index contributed by atoms with van der Waals surface area (Å²) >= 11 is 0. The van der Waals surface area contributed by atoms with E-state index in [-0.39, 0.29) is 17.6 Å². The highest BCUT2D eigenvalue weighted by molar-refractivity contribution is 5.92. The number of hydrogen-bond acceptors (Lipinski definition) is 3. The molecule has 4 nitrogen and oxygen atoms in total. The summed E-state index contributed by atoms with van der Waals surface area (Å²) in [5.41, 5.74) is 1.01. The van der Waals surface area contributed by atoms with Crippen molar-refractivity contribution in [3.63, 3.8) is 0 Å². The van der Waals surface area contributed by atoms with Crippen LogP contribution in [0.15, 0.2) is 42.5 Å². The Labute approximate surface area is 115 Å². The molecule has 0 fully saturated rings. The summed E-state index contributed by atoms with van der Waals surface area (Å²) in [6.07, 6.45) is 0.608. The SMILES string of the molecule is O=C(Nc1cccc(F)n1)C1COc2ccccc2C1. The molecule has 0 radical (unpaired) electrons. The minimum Gasteiger partial charge on any atom is -0.492 e. The lowest BCUT2D eigenvalue weighted by molar-refractivity contribution is -0.121. The first kappa shape index (κ1) is 12.6. The Morgan fingerprint density at radius 1 is 1.25 bits per heavy atom. The van der Waals surface area contributed by atoms with Crippen molar-refractivity contribution < 1.29 is 13.9 Å². The van der Waals surface area contributed by atoms with Crippen LogP contribution in [0, 0.1) is 11.9 Å². The Hall–Kier alpha value is -2.43. The molecule has 2 aromatic rings. The number of halogens is 1. The second-order valence-corrected chi connectivity index (χ2v) is 4.65. The monoisotopic (exact) mass is 272 g/mol. The van der Waals surface area contributed by atoms with Crippen molar-refractivity contribution in [1.82, 2.24) is 4.98 Å². The third-order valence-corrected chi connectivity index (χ3v) is 3.22. The molecule has 102 valence electrons. The number of amides is 1. The fourth-order valence-electron chi connectivity index (χ4n) is 2.20. The van der Waals surface area contributed by atoms with Crippen molar-refractivity contribution in [2.45, 2.75) is 6.42 Å². The number of benzene rings is 1. The first-order valence-corrected chi connectivity index (χ1v) is 6.36. The third-order valence-electron chi connectivity index (χ3n) is 3.22. The van der Waals surface area contributed by atoms with E-state index in [0.717, 1.165) is 11.3 Å². The lowest BCUT2D eigenvalue weighted by atomic mass is 9.96. The van der Waals surface area contributed by atoms with Gasteiger partial charge in [0.1, 0.15) is 18.2 Å². The molecule has 20 heavy (non-hydrogen) atoms. The molecule has 1 atom stereocenters. The summed E-state index contributed by atoms with van der Waals surface area (Å²) in [6, 6.07) is 11.9. The van der Waals surface area contributed by atoms with Gasteiger partial charge in [0, 0.05) is 0 Å². The molecule has 0 bridgehead atoms. The van der Waals surface area contributed by atoms with Crippen LogP contribution in [0.2, 0.25) is 0 Å². The smallest absolute Gasteiger partial charge is 0.232 e. The van der Waals surface area contributed by atoms with Gasteiger partial charge in [-0.15, -0.1) is 0 Å². The minimum atomic E-state index is -0.618. The van der Waals surface area contributed by atoms with Gasteiger partial charge in [0.05, 0.1) is 5.92 Å². The van der Waals surface area contributed by atoms with E-state index < -0.39 is 5.95 Å². The zero-order valence-electron chi connectivity index (χ0n) is 10.7. The van der Waals surface area contributed by atoms with Crippen LogP contribution in [-0.2, 0) is 11.2 Å². The van der Waals surface area contributed by atoms with Crippen LogP contribution in [0.25, 0.3) is 0 Å². The topological polar surface area (TPSA) is 51.2 Å². The standard InChI is InChI=1S/C15H13FN2O2/c16-13-6-3-7-14(17-13)18-15(19)11-8-10-4-1-2-5-12(10)20-9-11/h1-7,11H,8-9H2,(H,17,18,19). The zero-order chi connectivity index (χ0) is 13.9. The van der Waals surface area contributed by atoms with Gasteiger partial charge in [-0.3, -0.25) is 4.79 Å². The molecule has 0 aliphatic carbocycles. The van der Waals surface area contributed by atoms with Crippen LogP contribution >= 0.6 is 0 Å². The lowest BCUT2D eigenvalue weighted by Crippen LogP contribution is -2.32. The van der Waals surface area contributed by atoms with E-state index in [1.54, 1.807) is 6.07 Å². The van der Waals surface area contributed by atoms with Gasteiger partial charge in [0.25, 0.3) is 0 Å². The number of rotatable bonds is 2. The van der Waals surface area contributed by atoms with Gasteiger partial charge in [-0.25, -0.2) is 4.98 Å². The van der Waals surface area contributed by atoms with Crippen molar-refractivity contribution >= 4 is 11.7 Å². The molecule has 1 N–H and O–H groups in total. The molecule has 1 aliphatic rings. The number of pyridine rings is 1. The first-order chi connectivity index (χ1) is 9.72. The summed E-state index contributed by atoms with van der Waals surface area (Å²) in [5, 5.41) is 2.61. The van der Waals surface area contributed by atoms with Gasteiger partial charge in [0.2, 0.25) is 11.9 Å². The van der Waals surface area contributed by atoms with Gasteiger partial charge in [-0.05, 0) is 30.2 Å². The van der Waals surface area contributed by atoms with E-state index >= 15 is 0 Å². The van der Waals surface area contributed by atoms with Crippen LogP contribution < -0.4 is 10.1 Å². The van der Waals surface area contributed by atoms with Gasteiger partial charge in [-0.2, -0.15) is 4.39 Å². The quantitative estimate of drug-likeness (QED) is 0.854. The van der Waals surface area contributed by atoms with Crippen LogP contribution in [0.3, 0.4) is 0 Å². The molecule has 1 aromatic heterocycles. The van der Waals surface area contributed by atoms with Crippen molar-refractivity contribution in [1.29, 1.82) is 0 Å².